The minimum atomic E-state index is -0.705. The number of fused-ring (bicyclic) bond motifs is 1. The molecular formula is C25H27ClN6O2. The summed E-state index contributed by atoms with van der Waals surface area (Å²) in [7, 11) is 1.68. The van der Waals surface area contributed by atoms with Crippen LogP contribution in [0.5, 0.6) is 0 Å². The number of likely N-dealkylation sites (tertiary alicyclic amines) is 1. The van der Waals surface area contributed by atoms with Gasteiger partial charge in [-0.3, -0.25) is 4.79 Å². The molecule has 0 saturated carbocycles. The number of carbonyl (C=O) groups is 1. The maximum Gasteiger partial charge on any atom is 0.257 e. The number of nitrogens with one attached hydrogen (secondary N) is 1. The van der Waals surface area contributed by atoms with E-state index in [-0.39, 0.29) is 12.0 Å². The van der Waals surface area contributed by atoms with Crippen molar-refractivity contribution >= 4 is 28.5 Å². The Morgan fingerprint density at radius 1 is 1.18 bits per heavy atom. The van der Waals surface area contributed by atoms with Gasteiger partial charge in [-0.25, -0.2) is 4.98 Å². The van der Waals surface area contributed by atoms with E-state index in [2.05, 4.69) is 15.2 Å². The summed E-state index contributed by atoms with van der Waals surface area (Å²) in [6, 6.07) is 7.65. The minimum absolute atomic E-state index is 0.118. The molecule has 1 aliphatic heterocycles. The van der Waals surface area contributed by atoms with Crippen molar-refractivity contribution in [2.75, 3.05) is 13.7 Å². The van der Waals surface area contributed by atoms with Gasteiger partial charge in [-0.2, -0.15) is 15.0 Å². The number of hydrogen-bond acceptors (Lipinski definition) is 5. The maximum absolute atomic E-state index is 14.2. The number of H-pyrrole nitrogens is 1. The van der Waals surface area contributed by atoms with Gasteiger partial charge in [0.15, 0.2) is 0 Å². The quantitative estimate of drug-likeness (QED) is 0.466. The zero-order valence-corrected chi connectivity index (χ0v) is 20.6. The van der Waals surface area contributed by atoms with E-state index in [0.717, 1.165) is 27.7 Å². The normalized spacial score (nSPS) is 20.4. The average molecular weight is 479 g/mol. The summed E-state index contributed by atoms with van der Waals surface area (Å²) in [6.07, 6.45) is 3.70. The van der Waals surface area contributed by atoms with E-state index in [0.29, 0.717) is 35.1 Å². The van der Waals surface area contributed by atoms with Crippen LogP contribution in [0.1, 0.15) is 46.2 Å². The molecule has 2 atom stereocenters. The molecule has 5 rings (SSSR count). The Balaban J connectivity index is 1.64. The van der Waals surface area contributed by atoms with E-state index < -0.39 is 5.54 Å². The highest BCUT2D eigenvalue weighted by Gasteiger charge is 2.48. The van der Waals surface area contributed by atoms with Crippen LogP contribution in [0, 0.1) is 20.8 Å². The lowest BCUT2D eigenvalue weighted by molar-refractivity contribution is 0.0590. The van der Waals surface area contributed by atoms with Gasteiger partial charge in [-0.05, 0) is 68.7 Å². The Labute approximate surface area is 202 Å². The molecular weight excluding hydrogens is 452 g/mol. The van der Waals surface area contributed by atoms with E-state index in [9.17, 15) is 4.79 Å². The molecule has 1 unspecified atom stereocenters. The third-order valence-electron chi connectivity index (χ3n) is 7.01. The summed E-state index contributed by atoms with van der Waals surface area (Å²) >= 11 is 6.34. The number of aryl methyl sites for hydroxylation is 3. The molecule has 1 aliphatic rings. The molecule has 0 aliphatic carbocycles. The fourth-order valence-corrected chi connectivity index (χ4v) is 4.93. The van der Waals surface area contributed by atoms with Gasteiger partial charge in [0, 0.05) is 25.1 Å². The number of aromatic nitrogens is 5. The number of methoxy groups -OCH3 is 1. The predicted molar refractivity (Wildman–Crippen MR) is 130 cm³/mol. The summed E-state index contributed by atoms with van der Waals surface area (Å²) in [5.74, 6) is 0.594. The molecule has 1 saturated heterocycles. The molecule has 1 amide bonds. The standard InChI is InChI=1S/C25H27ClN6O2/c1-14-10-18(21(11-15(14)2)32-27-8-9-28-32)23(33)31-13-17(34-5)12-25(31,4)24-29-20-7-6-19(26)16(3)22(20)30-24/h6-11,17H,12-13H2,1-5H3,(H,29,30)/t17-,25?/m1/s1. The second-order valence-electron chi connectivity index (χ2n) is 9.18. The Kier molecular flexibility index (Phi) is 5.45. The number of aromatic amines is 1. The molecule has 8 nitrogen and oxygen atoms in total. The van der Waals surface area contributed by atoms with E-state index in [1.54, 1.807) is 19.5 Å². The van der Waals surface area contributed by atoms with Gasteiger partial charge in [0.2, 0.25) is 0 Å². The lowest BCUT2D eigenvalue weighted by Gasteiger charge is -2.33. The third-order valence-corrected chi connectivity index (χ3v) is 7.42. The molecule has 34 heavy (non-hydrogen) atoms. The van der Waals surface area contributed by atoms with E-state index in [1.165, 1.54) is 4.80 Å². The second kappa shape index (κ2) is 8.21. The molecule has 1 N–H and O–H groups in total. The van der Waals surface area contributed by atoms with Gasteiger partial charge in [0.1, 0.15) is 11.4 Å². The molecule has 3 heterocycles. The molecule has 176 valence electrons. The molecule has 0 spiro atoms. The van der Waals surface area contributed by atoms with Crippen molar-refractivity contribution in [1.82, 2.24) is 29.9 Å². The molecule has 9 heteroatoms. The second-order valence-corrected chi connectivity index (χ2v) is 9.58. The summed E-state index contributed by atoms with van der Waals surface area (Å²) in [6.45, 7) is 8.44. The monoisotopic (exact) mass is 478 g/mol. The largest absolute Gasteiger partial charge is 0.380 e. The third kappa shape index (κ3) is 3.49. The van der Waals surface area contributed by atoms with Crippen LogP contribution in [-0.2, 0) is 10.3 Å². The van der Waals surface area contributed by atoms with Gasteiger partial charge in [-0.15, -0.1) is 0 Å². The lowest BCUT2D eigenvalue weighted by Crippen LogP contribution is -2.44. The fourth-order valence-electron chi connectivity index (χ4n) is 4.78. The van der Waals surface area contributed by atoms with Gasteiger partial charge in [0.25, 0.3) is 5.91 Å². The van der Waals surface area contributed by atoms with Crippen LogP contribution in [0.15, 0.2) is 36.7 Å². The van der Waals surface area contributed by atoms with Crippen molar-refractivity contribution in [2.24, 2.45) is 0 Å². The van der Waals surface area contributed by atoms with Crippen LogP contribution >= 0.6 is 11.6 Å². The first-order chi connectivity index (χ1) is 16.2. The Morgan fingerprint density at radius 3 is 2.59 bits per heavy atom. The van der Waals surface area contributed by atoms with Crippen molar-refractivity contribution in [3.05, 3.63) is 69.8 Å². The first kappa shape index (κ1) is 22.6. The lowest BCUT2D eigenvalue weighted by atomic mass is 9.95. The van der Waals surface area contributed by atoms with Gasteiger partial charge in [0.05, 0.1) is 40.8 Å². The molecule has 2 aromatic carbocycles. The first-order valence-corrected chi connectivity index (χ1v) is 11.6. The number of carbonyl (C=O) groups excluding carboxylic acids is 1. The van der Waals surface area contributed by atoms with Gasteiger partial charge < -0.3 is 14.6 Å². The van der Waals surface area contributed by atoms with Gasteiger partial charge in [-0.1, -0.05) is 11.6 Å². The first-order valence-electron chi connectivity index (χ1n) is 11.2. The Hall–Kier alpha value is -3.23. The molecule has 2 aromatic heterocycles. The summed E-state index contributed by atoms with van der Waals surface area (Å²) in [5.41, 5.74) is 5.17. The van der Waals surface area contributed by atoms with Crippen LogP contribution in [0.2, 0.25) is 5.02 Å². The zero-order chi connectivity index (χ0) is 24.2. The number of ether oxygens (including phenoxy) is 1. The number of nitrogens with zero attached hydrogens (tertiary/aromatic N) is 5. The summed E-state index contributed by atoms with van der Waals surface area (Å²) < 4.78 is 5.72. The Bertz CT molecular complexity index is 1400. The van der Waals surface area contributed by atoms with Crippen LogP contribution in [-0.4, -0.2) is 55.5 Å². The van der Waals surface area contributed by atoms with Gasteiger partial charge >= 0.3 is 0 Å². The minimum Gasteiger partial charge on any atom is -0.380 e. The van der Waals surface area contributed by atoms with Crippen LogP contribution in [0.3, 0.4) is 0 Å². The molecule has 4 aromatic rings. The number of halogens is 1. The highest BCUT2D eigenvalue weighted by Crippen LogP contribution is 2.41. The van der Waals surface area contributed by atoms with Crippen molar-refractivity contribution in [3.8, 4) is 5.69 Å². The van der Waals surface area contributed by atoms with Crippen LogP contribution in [0.25, 0.3) is 16.7 Å². The van der Waals surface area contributed by atoms with E-state index >= 15 is 0 Å². The number of amides is 1. The molecule has 1 fully saturated rings. The highest BCUT2D eigenvalue weighted by molar-refractivity contribution is 6.32. The maximum atomic E-state index is 14.2. The number of imidazole rings is 1. The van der Waals surface area contributed by atoms with Crippen molar-refractivity contribution < 1.29 is 9.53 Å². The van der Waals surface area contributed by atoms with Crippen LogP contribution in [0.4, 0.5) is 0 Å². The topological polar surface area (TPSA) is 88.9 Å². The fraction of sp³-hybridized carbons (Fsp3) is 0.360. The number of benzene rings is 2. The van der Waals surface area contributed by atoms with Crippen molar-refractivity contribution in [2.45, 2.75) is 45.8 Å². The van der Waals surface area contributed by atoms with Crippen LogP contribution < -0.4 is 0 Å². The zero-order valence-electron chi connectivity index (χ0n) is 19.9. The average Bonchev–Trinajstić information content (AvgIpc) is 3.56. The smallest absolute Gasteiger partial charge is 0.257 e. The molecule has 0 radical (unpaired) electrons. The predicted octanol–water partition coefficient (Wildman–Crippen LogP) is 4.50. The molecule has 0 bridgehead atoms. The Morgan fingerprint density at radius 2 is 1.88 bits per heavy atom. The van der Waals surface area contributed by atoms with E-state index in [4.69, 9.17) is 21.3 Å². The SMILES string of the molecule is CO[C@H]1CN(C(=O)c2cc(C)c(C)cc2-n2nccn2)C(C)(c2nc3c(C)c(Cl)ccc3[nH]2)C1. The number of hydrogen-bond donors (Lipinski definition) is 1. The summed E-state index contributed by atoms with van der Waals surface area (Å²) in [5, 5.41) is 9.22. The number of rotatable bonds is 4. The summed E-state index contributed by atoms with van der Waals surface area (Å²) in [4.78, 5) is 25.8. The van der Waals surface area contributed by atoms with E-state index in [1.807, 2.05) is 56.9 Å². The highest BCUT2D eigenvalue weighted by atomic mass is 35.5. The van der Waals surface area contributed by atoms with Crippen molar-refractivity contribution in [1.29, 1.82) is 0 Å². The van der Waals surface area contributed by atoms with Crippen molar-refractivity contribution in [3.63, 3.8) is 0 Å².